The van der Waals surface area contributed by atoms with E-state index in [9.17, 15) is 18.8 Å². The van der Waals surface area contributed by atoms with Crippen LogP contribution in [0, 0.1) is 12.7 Å². The maximum absolute atomic E-state index is 12.9. The molecule has 2 rings (SSSR count). The van der Waals surface area contributed by atoms with Gasteiger partial charge in [-0.3, -0.25) is 14.4 Å². The molecule has 0 radical (unpaired) electrons. The Labute approximate surface area is 172 Å². The smallest absolute Gasteiger partial charge is 0.329 e. The van der Waals surface area contributed by atoms with Gasteiger partial charge in [-0.1, -0.05) is 29.8 Å². The molecular formula is C20H20ClFN4O3. The normalized spacial score (nSPS) is 11.0. The minimum absolute atomic E-state index is 0.0729. The third-order valence-corrected chi connectivity index (χ3v) is 4.30. The molecule has 0 atom stereocenters. The summed E-state index contributed by atoms with van der Waals surface area (Å²) in [7, 11) is 0. The fourth-order valence-electron chi connectivity index (χ4n) is 2.26. The van der Waals surface area contributed by atoms with Gasteiger partial charge in [-0.25, -0.2) is 9.82 Å². The fourth-order valence-corrected chi connectivity index (χ4v) is 2.43. The number of nitrogens with one attached hydrogen (secondary N) is 3. The highest BCUT2D eigenvalue weighted by molar-refractivity contribution is 6.40. The Balaban J connectivity index is 1.80. The van der Waals surface area contributed by atoms with Gasteiger partial charge in [0.05, 0.1) is 6.42 Å². The van der Waals surface area contributed by atoms with Crippen LogP contribution in [0.5, 0.6) is 0 Å². The third kappa shape index (κ3) is 7.00. The van der Waals surface area contributed by atoms with E-state index >= 15 is 0 Å². The number of hydrogen-bond acceptors (Lipinski definition) is 4. The lowest BCUT2D eigenvalue weighted by Gasteiger charge is -2.09. The van der Waals surface area contributed by atoms with E-state index in [1.54, 1.807) is 37.3 Å². The van der Waals surface area contributed by atoms with Gasteiger partial charge in [-0.15, -0.1) is 0 Å². The SMILES string of the molecule is C/C(CC(=O)NCc1ccc(F)cc1)=N\NC(=O)C(=O)Nc1cccc(Cl)c1C. The number of carbonyl (C=O) groups is 3. The molecular weight excluding hydrogens is 399 g/mol. The summed E-state index contributed by atoms with van der Waals surface area (Å²) in [6, 6.07) is 10.7. The highest BCUT2D eigenvalue weighted by Gasteiger charge is 2.15. The van der Waals surface area contributed by atoms with Crippen LogP contribution in [0.25, 0.3) is 0 Å². The van der Waals surface area contributed by atoms with Crippen LogP contribution >= 0.6 is 11.6 Å². The van der Waals surface area contributed by atoms with E-state index in [4.69, 9.17) is 11.6 Å². The topological polar surface area (TPSA) is 99.7 Å². The molecule has 3 N–H and O–H groups in total. The number of carbonyl (C=O) groups excluding carboxylic acids is 3. The minimum Gasteiger partial charge on any atom is -0.352 e. The van der Waals surface area contributed by atoms with E-state index in [-0.39, 0.29) is 24.7 Å². The van der Waals surface area contributed by atoms with Crippen LogP contribution < -0.4 is 16.1 Å². The second-order valence-corrected chi connectivity index (χ2v) is 6.64. The van der Waals surface area contributed by atoms with Crippen LogP contribution in [-0.4, -0.2) is 23.4 Å². The van der Waals surface area contributed by atoms with E-state index in [1.807, 2.05) is 0 Å². The molecule has 2 aromatic rings. The van der Waals surface area contributed by atoms with Gasteiger partial charge >= 0.3 is 11.8 Å². The summed E-state index contributed by atoms with van der Waals surface area (Å²) in [5.41, 5.74) is 4.20. The van der Waals surface area contributed by atoms with Crippen LogP contribution in [0.3, 0.4) is 0 Å². The molecule has 0 aliphatic carbocycles. The first-order valence-corrected chi connectivity index (χ1v) is 9.05. The van der Waals surface area contributed by atoms with Gasteiger partial charge in [0.15, 0.2) is 0 Å². The maximum atomic E-state index is 12.9. The van der Waals surface area contributed by atoms with Crippen molar-refractivity contribution in [1.29, 1.82) is 0 Å². The summed E-state index contributed by atoms with van der Waals surface area (Å²) in [5, 5.41) is 9.32. The number of rotatable bonds is 6. The molecule has 3 amide bonds. The van der Waals surface area contributed by atoms with E-state index in [1.165, 1.54) is 19.1 Å². The Morgan fingerprint density at radius 3 is 2.45 bits per heavy atom. The molecule has 0 saturated carbocycles. The summed E-state index contributed by atoms with van der Waals surface area (Å²) in [6.45, 7) is 3.49. The predicted octanol–water partition coefficient (Wildman–Crippen LogP) is 2.92. The summed E-state index contributed by atoms with van der Waals surface area (Å²) >= 11 is 5.97. The molecule has 0 heterocycles. The van der Waals surface area contributed by atoms with Gasteiger partial charge in [-0.05, 0) is 49.2 Å². The lowest BCUT2D eigenvalue weighted by atomic mass is 10.2. The van der Waals surface area contributed by atoms with E-state index in [2.05, 4.69) is 21.2 Å². The molecule has 0 spiro atoms. The van der Waals surface area contributed by atoms with Crippen LogP contribution in [0.2, 0.25) is 5.02 Å². The van der Waals surface area contributed by atoms with Crippen molar-refractivity contribution < 1.29 is 18.8 Å². The second kappa shape index (κ2) is 10.3. The molecule has 0 aromatic heterocycles. The first kappa shape index (κ1) is 22.0. The first-order chi connectivity index (χ1) is 13.8. The maximum Gasteiger partial charge on any atom is 0.329 e. The molecule has 2 aromatic carbocycles. The number of halogens is 2. The van der Waals surface area contributed by atoms with Crippen LogP contribution in [-0.2, 0) is 20.9 Å². The van der Waals surface area contributed by atoms with E-state index in [0.29, 0.717) is 22.0 Å². The van der Waals surface area contributed by atoms with Crippen molar-refractivity contribution >= 4 is 40.7 Å². The highest BCUT2D eigenvalue weighted by atomic mass is 35.5. The van der Waals surface area contributed by atoms with Gasteiger partial charge in [0.25, 0.3) is 0 Å². The Bertz CT molecular complexity index is 945. The van der Waals surface area contributed by atoms with Crippen molar-refractivity contribution in [2.24, 2.45) is 5.10 Å². The Morgan fingerprint density at radius 1 is 1.07 bits per heavy atom. The number of benzene rings is 2. The summed E-state index contributed by atoms with van der Waals surface area (Å²) in [4.78, 5) is 35.7. The van der Waals surface area contributed by atoms with Crippen LogP contribution in [0.15, 0.2) is 47.6 Å². The lowest BCUT2D eigenvalue weighted by molar-refractivity contribution is -0.136. The van der Waals surface area contributed by atoms with Crippen molar-refractivity contribution in [2.45, 2.75) is 26.8 Å². The van der Waals surface area contributed by atoms with Gasteiger partial charge in [0.1, 0.15) is 5.82 Å². The lowest BCUT2D eigenvalue weighted by Crippen LogP contribution is -2.33. The van der Waals surface area contributed by atoms with Crippen molar-refractivity contribution in [3.05, 3.63) is 64.4 Å². The highest BCUT2D eigenvalue weighted by Crippen LogP contribution is 2.22. The summed E-state index contributed by atoms with van der Waals surface area (Å²) in [5.74, 6) is -2.57. The zero-order valence-electron chi connectivity index (χ0n) is 15.9. The first-order valence-electron chi connectivity index (χ1n) is 8.67. The number of hydrazone groups is 1. The monoisotopic (exact) mass is 418 g/mol. The molecule has 29 heavy (non-hydrogen) atoms. The fraction of sp³-hybridized carbons (Fsp3) is 0.200. The Hall–Kier alpha value is -3.26. The van der Waals surface area contributed by atoms with Crippen LogP contribution in [0.4, 0.5) is 10.1 Å². The number of anilines is 1. The largest absolute Gasteiger partial charge is 0.352 e. The Morgan fingerprint density at radius 2 is 1.76 bits per heavy atom. The van der Waals surface area contributed by atoms with Gasteiger partial charge < -0.3 is 10.6 Å². The number of hydrogen-bond donors (Lipinski definition) is 3. The molecule has 0 saturated heterocycles. The van der Waals surface area contributed by atoms with Crippen molar-refractivity contribution in [3.8, 4) is 0 Å². The number of nitrogens with zero attached hydrogens (tertiary/aromatic N) is 1. The molecule has 0 aliphatic heterocycles. The molecule has 9 heteroatoms. The standard InChI is InChI=1S/C20H20ClFN4O3/c1-12(10-18(27)23-11-14-6-8-15(22)9-7-14)25-26-20(29)19(28)24-17-5-3-4-16(21)13(17)2/h3-9H,10-11H2,1-2H3,(H,23,27)(H,24,28)(H,26,29)/b25-12+. The molecule has 0 unspecified atom stereocenters. The van der Waals surface area contributed by atoms with Gasteiger partial charge in [0.2, 0.25) is 5.91 Å². The number of amides is 3. The summed E-state index contributed by atoms with van der Waals surface area (Å²) in [6.07, 6.45) is -0.0729. The summed E-state index contributed by atoms with van der Waals surface area (Å²) < 4.78 is 12.9. The van der Waals surface area contributed by atoms with Gasteiger partial charge in [0, 0.05) is 23.0 Å². The zero-order valence-corrected chi connectivity index (χ0v) is 16.6. The minimum atomic E-state index is -0.976. The van der Waals surface area contributed by atoms with Crippen LogP contribution in [0.1, 0.15) is 24.5 Å². The Kier molecular flexibility index (Phi) is 7.85. The molecule has 152 valence electrons. The van der Waals surface area contributed by atoms with E-state index < -0.39 is 11.8 Å². The quantitative estimate of drug-likeness (QED) is 0.382. The average molecular weight is 419 g/mol. The average Bonchev–Trinajstić information content (AvgIpc) is 2.69. The van der Waals surface area contributed by atoms with Crippen molar-refractivity contribution in [2.75, 3.05) is 5.32 Å². The molecule has 0 fully saturated rings. The van der Waals surface area contributed by atoms with Crippen molar-refractivity contribution in [3.63, 3.8) is 0 Å². The van der Waals surface area contributed by atoms with Gasteiger partial charge in [-0.2, -0.15) is 5.10 Å². The van der Waals surface area contributed by atoms with E-state index in [0.717, 1.165) is 5.56 Å². The zero-order chi connectivity index (χ0) is 21.4. The van der Waals surface area contributed by atoms with Crippen molar-refractivity contribution in [1.82, 2.24) is 10.7 Å². The molecule has 7 nitrogen and oxygen atoms in total. The second-order valence-electron chi connectivity index (χ2n) is 6.23. The molecule has 0 aliphatic rings. The third-order valence-electron chi connectivity index (χ3n) is 3.89. The predicted molar refractivity (Wildman–Crippen MR) is 109 cm³/mol. The molecule has 0 bridgehead atoms.